The lowest BCUT2D eigenvalue weighted by Gasteiger charge is -2.08. The van der Waals surface area contributed by atoms with Crippen molar-refractivity contribution in [1.29, 1.82) is 0 Å². The number of carbonyl (C=O) groups is 1. The maximum absolute atomic E-state index is 10.4. The molecule has 0 atom stereocenters. The average molecular weight is 246 g/mol. The summed E-state index contributed by atoms with van der Waals surface area (Å²) in [5.74, 6) is 0.0544. The first-order valence-electron chi connectivity index (χ1n) is 6.14. The molecule has 0 heterocycles. The van der Waals surface area contributed by atoms with Gasteiger partial charge in [-0.3, -0.25) is 4.79 Å². The molecule has 0 spiro atoms. The van der Waals surface area contributed by atoms with Crippen molar-refractivity contribution in [2.75, 3.05) is 54.4 Å². The molecule has 104 valence electrons. The van der Waals surface area contributed by atoms with Crippen LogP contribution in [0.3, 0.4) is 0 Å². The molecule has 0 aliphatic carbocycles. The van der Waals surface area contributed by atoms with Gasteiger partial charge in [-0.1, -0.05) is 0 Å². The van der Waals surface area contributed by atoms with Crippen LogP contribution in [0.2, 0.25) is 0 Å². The van der Waals surface area contributed by atoms with E-state index < -0.39 is 0 Å². The Morgan fingerprint density at radius 1 is 1.06 bits per heavy atom. The normalized spacial score (nSPS) is 10.1. The fourth-order valence-corrected chi connectivity index (χ4v) is 1.07. The maximum atomic E-state index is 10.4. The molecular formula is C12H30N4O. The molecule has 17 heavy (non-hydrogen) atoms. The van der Waals surface area contributed by atoms with Gasteiger partial charge in [-0.2, -0.15) is 0 Å². The van der Waals surface area contributed by atoms with E-state index in [0.717, 1.165) is 39.0 Å². The number of carbonyl (C=O) groups excluding carboxylic acids is 1. The minimum atomic E-state index is 0.0544. The zero-order chi connectivity index (χ0) is 13.7. The molecule has 5 heteroatoms. The van der Waals surface area contributed by atoms with Gasteiger partial charge in [0, 0.05) is 13.5 Å². The Kier molecular flexibility index (Phi) is 14.8. The van der Waals surface area contributed by atoms with Crippen molar-refractivity contribution >= 4 is 5.91 Å². The lowest BCUT2D eigenvalue weighted by atomic mass is 10.4. The minimum absolute atomic E-state index is 0.0544. The highest BCUT2D eigenvalue weighted by molar-refractivity contribution is 5.72. The molecule has 0 aromatic rings. The van der Waals surface area contributed by atoms with E-state index in [1.165, 1.54) is 6.92 Å². The Hall–Kier alpha value is -0.650. The first kappa shape index (κ1) is 18.7. The Morgan fingerprint density at radius 3 is 1.82 bits per heavy atom. The molecule has 1 amide bonds. The number of nitrogens with zero attached hydrogens (tertiary/aromatic N) is 2. The molecule has 5 nitrogen and oxygen atoms in total. The maximum Gasteiger partial charge on any atom is 0.216 e. The predicted molar refractivity (Wildman–Crippen MR) is 74.1 cm³/mol. The highest BCUT2D eigenvalue weighted by atomic mass is 16.1. The molecule has 0 saturated heterocycles. The molecule has 0 rings (SSSR count). The quantitative estimate of drug-likeness (QED) is 0.619. The van der Waals surface area contributed by atoms with Crippen LogP contribution in [-0.4, -0.2) is 70.1 Å². The second kappa shape index (κ2) is 13.4. The molecule has 0 aromatic carbocycles. The van der Waals surface area contributed by atoms with Crippen molar-refractivity contribution in [1.82, 2.24) is 15.1 Å². The van der Waals surface area contributed by atoms with Crippen molar-refractivity contribution in [3.8, 4) is 0 Å². The Bertz CT molecular complexity index is 172. The number of rotatable bonds is 7. The summed E-state index contributed by atoms with van der Waals surface area (Å²) in [7, 11) is 8.15. The van der Waals surface area contributed by atoms with E-state index in [-0.39, 0.29) is 5.91 Å². The zero-order valence-electron chi connectivity index (χ0n) is 12.1. The number of nitrogens with two attached hydrogens (primary N) is 1. The van der Waals surface area contributed by atoms with E-state index in [4.69, 9.17) is 5.73 Å². The monoisotopic (exact) mass is 246 g/mol. The van der Waals surface area contributed by atoms with E-state index >= 15 is 0 Å². The molecule has 3 N–H and O–H groups in total. The van der Waals surface area contributed by atoms with Gasteiger partial charge in [0.2, 0.25) is 5.91 Å². The molecule has 0 fully saturated rings. The van der Waals surface area contributed by atoms with Crippen LogP contribution in [-0.2, 0) is 4.79 Å². The average Bonchev–Trinajstić information content (AvgIpc) is 2.22. The number of hydrogen-bond acceptors (Lipinski definition) is 4. The summed E-state index contributed by atoms with van der Waals surface area (Å²) in [5.41, 5.74) is 5.25. The van der Waals surface area contributed by atoms with Crippen molar-refractivity contribution in [2.24, 2.45) is 5.73 Å². The summed E-state index contributed by atoms with van der Waals surface area (Å²) in [4.78, 5) is 14.6. The molecule has 0 aliphatic rings. The number of amides is 1. The zero-order valence-corrected chi connectivity index (χ0v) is 12.1. The molecule has 0 saturated carbocycles. The van der Waals surface area contributed by atoms with Crippen molar-refractivity contribution < 1.29 is 4.79 Å². The Morgan fingerprint density at radius 2 is 1.53 bits per heavy atom. The topological polar surface area (TPSA) is 61.6 Å². The van der Waals surface area contributed by atoms with Crippen LogP contribution in [0, 0.1) is 0 Å². The first-order chi connectivity index (χ1) is 7.90. The fourth-order valence-electron chi connectivity index (χ4n) is 1.07. The van der Waals surface area contributed by atoms with Gasteiger partial charge >= 0.3 is 0 Å². The van der Waals surface area contributed by atoms with E-state index in [9.17, 15) is 4.79 Å². The third kappa shape index (κ3) is 25.5. The van der Waals surface area contributed by atoms with Crippen molar-refractivity contribution in [2.45, 2.75) is 19.8 Å². The predicted octanol–water partition coefficient (Wildman–Crippen LogP) is -0.0290. The summed E-state index contributed by atoms with van der Waals surface area (Å²) in [6.07, 6.45) is 2.12. The number of nitrogens with one attached hydrogen (secondary N) is 1. The van der Waals surface area contributed by atoms with Gasteiger partial charge in [0.05, 0.1) is 0 Å². The molecule has 0 aliphatic heterocycles. The van der Waals surface area contributed by atoms with Crippen LogP contribution in [0.25, 0.3) is 0 Å². The third-order valence-corrected chi connectivity index (χ3v) is 1.97. The van der Waals surface area contributed by atoms with E-state index in [1.807, 2.05) is 14.1 Å². The Balaban J connectivity index is 0. The standard InChI is InChI=1S/C7H16N2O.C5H14N2/c1-7(10)8-5-4-6-9(2)3;1-7(2)5-3-4-6/h4-6H2,1-3H3,(H,8,10);3-6H2,1-2H3. The second-order valence-electron chi connectivity index (χ2n) is 4.59. The van der Waals surface area contributed by atoms with Crippen LogP contribution in [0.4, 0.5) is 0 Å². The summed E-state index contributed by atoms with van der Waals surface area (Å²) in [6.45, 7) is 5.26. The van der Waals surface area contributed by atoms with Crippen molar-refractivity contribution in [3.63, 3.8) is 0 Å². The smallest absolute Gasteiger partial charge is 0.216 e. The Labute approximate surface area is 106 Å². The first-order valence-corrected chi connectivity index (χ1v) is 6.14. The van der Waals surface area contributed by atoms with Gasteiger partial charge in [0.25, 0.3) is 0 Å². The van der Waals surface area contributed by atoms with Crippen LogP contribution in [0.15, 0.2) is 0 Å². The van der Waals surface area contributed by atoms with E-state index in [2.05, 4.69) is 29.2 Å². The second-order valence-corrected chi connectivity index (χ2v) is 4.59. The molecule has 0 unspecified atom stereocenters. The third-order valence-electron chi connectivity index (χ3n) is 1.97. The lowest BCUT2D eigenvalue weighted by molar-refractivity contribution is -0.118. The highest BCUT2D eigenvalue weighted by Gasteiger charge is 1.91. The van der Waals surface area contributed by atoms with E-state index in [1.54, 1.807) is 0 Å². The van der Waals surface area contributed by atoms with Crippen LogP contribution in [0.5, 0.6) is 0 Å². The van der Waals surface area contributed by atoms with Gasteiger partial charge < -0.3 is 20.9 Å². The lowest BCUT2D eigenvalue weighted by Crippen LogP contribution is -2.24. The van der Waals surface area contributed by atoms with Crippen LogP contribution in [0.1, 0.15) is 19.8 Å². The van der Waals surface area contributed by atoms with Crippen LogP contribution < -0.4 is 11.1 Å². The fraction of sp³-hybridized carbons (Fsp3) is 0.917. The van der Waals surface area contributed by atoms with Gasteiger partial charge in [0.1, 0.15) is 0 Å². The van der Waals surface area contributed by atoms with Gasteiger partial charge in [-0.15, -0.1) is 0 Å². The summed E-state index contributed by atoms with van der Waals surface area (Å²) < 4.78 is 0. The molecule has 0 radical (unpaired) electrons. The van der Waals surface area contributed by atoms with Gasteiger partial charge in [-0.25, -0.2) is 0 Å². The minimum Gasteiger partial charge on any atom is -0.356 e. The molecule has 0 bridgehead atoms. The largest absolute Gasteiger partial charge is 0.356 e. The summed E-state index contributed by atoms with van der Waals surface area (Å²) >= 11 is 0. The summed E-state index contributed by atoms with van der Waals surface area (Å²) in [5, 5.41) is 2.74. The van der Waals surface area contributed by atoms with Crippen LogP contribution >= 0.6 is 0 Å². The summed E-state index contributed by atoms with van der Waals surface area (Å²) in [6, 6.07) is 0. The van der Waals surface area contributed by atoms with Gasteiger partial charge in [0.15, 0.2) is 0 Å². The van der Waals surface area contributed by atoms with Crippen molar-refractivity contribution in [3.05, 3.63) is 0 Å². The highest BCUT2D eigenvalue weighted by Crippen LogP contribution is 1.79. The molecular weight excluding hydrogens is 216 g/mol. The number of hydrogen-bond donors (Lipinski definition) is 2. The van der Waals surface area contributed by atoms with E-state index in [0.29, 0.717) is 0 Å². The van der Waals surface area contributed by atoms with Gasteiger partial charge in [-0.05, 0) is 60.7 Å². The molecule has 0 aromatic heterocycles. The SMILES string of the molecule is CC(=O)NCCCN(C)C.CN(C)CCCN.